The van der Waals surface area contributed by atoms with Crippen molar-refractivity contribution in [1.29, 1.82) is 5.26 Å². The number of hydrazine groups is 1. The number of hydrogen-bond donors (Lipinski definition) is 2. The highest BCUT2D eigenvalue weighted by Crippen LogP contribution is 2.35. The maximum Gasteiger partial charge on any atom is 0.162 e. The second-order valence-corrected chi connectivity index (χ2v) is 3.53. The number of fused-ring (bicyclic) bond motifs is 1. The molecule has 0 radical (unpaired) electrons. The van der Waals surface area contributed by atoms with Gasteiger partial charge in [-0.2, -0.15) is 5.26 Å². The quantitative estimate of drug-likeness (QED) is 0.626. The zero-order chi connectivity index (χ0) is 13.1. The summed E-state index contributed by atoms with van der Waals surface area (Å²) in [4.78, 5) is 4.19. The SMILES string of the molecule is COc1cc2ncc(C#N)c(NN)c2cc1OC. The van der Waals surface area contributed by atoms with Crippen molar-refractivity contribution in [3.05, 3.63) is 23.9 Å². The lowest BCUT2D eigenvalue weighted by atomic mass is 10.1. The summed E-state index contributed by atoms with van der Waals surface area (Å²) in [5.41, 5.74) is 4.08. The van der Waals surface area contributed by atoms with Crippen LogP contribution in [0.4, 0.5) is 5.69 Å². The van der Waals surface area contributed by atoms with Gasteiger partial charge in [-0.3, -0.25) is 10.8 Å². The normalized spacial score (nSPS) is 9.89. The van der Waals surface area contributed by atoms with Crippen molar-refractivity contribution >= 4 is 16.6 Å². The first-order valence-corrected chi connectivity index (χ1v) is 5.16. The Morgan fingerprint density at radius 2 is 1.94 bits per heavy atom. The van der Waals surface area contributed by atoms with Crippen LogP contribution in [0.1, 0.15) is 5.56 Å². The molecule has 0 aliphatic carbocycles. The molecule has 0 aliphatic heterocycles. The van der Waals surface area contributed by atoms with E-state index < -0.39 is 0 Å². The van der Waals surface area contributed by atoms with Crippen molar-refractivity contribution in [2.24, 2.45) is 5.84 Å². The molecule has 2 aromatic rings. The van der Waals surface area contributed by atoms with Gasteiger partial charge in [0.15, 0.2) is 11.5 Å². The first-order valence-electron chi connectivity index (χ1n) is 5.16. The molecule has 92 valence electrons. The van der Waals surface area contributed by atoms with E-state index in [4.69, 9.17) is 20.6 Å². The Kier molecular flexibility index (Phi) is 3.17. The van der Waals surface area contributed by atoms with Crippen molar-refractivity contribution in [2.45, 2.75) is 0 Å². The minimum atomic E-state index is 0.372. The topological polar surface area (TPSA) is 93.2 Å². The predicted molar refractivity (Wildman–Crippen MR) is 67.4 cm³/mol. The molecule has 0 fully saturated rings. The molecule has 0 saturated carbocycles. The molecule has 6 nitrogen and oxygen atoms in total. The lowest BCUT2D eigenvalue weighted by Gasteiger charge is -2.11. The van der Waals surface area contributed by atoms with Crippen molar-refractivity contribution in [3.63, 3.8) is 0 Å². The number of hydrogen-bond acceptors (Lipinski definition) is 6. The van der Waals surface area contributed by atoms with E-state index in [-0.39, 0.29) is 0 Å². The third-order valence-electron chi connectivity index (χ3n) is 2.64. The molecule has 0 saturated heterocycles. The lowest BCUT2D eigenvalue weighted by molar-refractivity contribution is 0.356. The van der Waals surface area contributed by atoms with E-state index in [2.05, 4.69) is 10.4 Å². The lowest BCUT2D eigenvalue weighted by Crippen LogP contribution is -2.09. The monoisotopic (exact) mass is 244 g/mol. The number of rotatable bonds is 3. The number of benzene rings is 1. The molecule has 0 aliphatic rings. The standard InChI is InChI=1S/C12H12N4O2/c1-17-10-3-8-9(4-11(10)18-2)15-6-7(5-13)12(8)16-14/h3-4,6H,14H2,1-2H3,(H,15,16). The Bertz CT molecular complexity index is 634. The van der Waals surface area contributed by atoms with E-state index in [1.807, 2.05) is 6.07 Å². The summed E-state index contributed by atoms with van der Waals surface area (Å²) < 4.78 is 10.4. The Balaban J connectivity index is 2.81. The number of nitrogens with one attached hydrogen (secondary N) is 1. The van der Waals surface area contributed by atoms with Crippen molar-refractivity contribution < 1.29 is 9.47 Å². The van der Waals surface area contributed by atoms with Gasteiger partial charge in [-0.15, -0.1) is 0 Å². The predicted octanol–water partition coefficient (Wildman–Crippen LogP) is 1.41. The van der Waals surface area contributed by atoms with Crippen molar-refractivity contribution in [1.82, 2.24) is 4.98 Å². The van der Waals surface area contributed by atoms with Crippen LogP contribution >= 0.6 is 0 Å². The summed E-state index contributed by atoms with van der Waals surface area (Å²) in [5.74, 6) is 6.58. The minimum absolute atomic E-state index is 0.372. The third kappa shape index (κ3) is 1.77. The minimum Gasteiger partial charge on any atom is -0.493 e. The number of nitrogens with zero attached hydrogens (tertiary/aromatic N) is 2. The van der Waals surface area contributed by atoms with E-state index in [0.717, 1.165) is 0 Å². The van der Waals surface area contributed by atoms with Gasteiger partial charge in [0.25, 0.3) is 0 Å². The molecule has 18 heavy (non-hydrogen) atoms. The fourth-order valence-corrected chi connectivity index (χ4v) is 1.76. The number of nitriles is 1. The van der Waals surface area contributed by atoms with Crippen LogP contribution in [-0.4, -0.2) is 19.2 Å². The first kappa shape index (κ1) is 12.0. The summed E-state index contributed by atoms with van der Waals surface area (Å²) >= 11 is 0. The van der Waals surface area contributed by atoms with Gasteiger partial charge in [-0.25, -0.2) is 0 Å². The van der Waals surface area contributed by atoms with Crippen LogP contribution in [0.3, 0.4) is 0 Å². The van der Waals surface area contributed by atoms with E-state index >= 15 is 0 Å². The molecular weight excluding hydrogens is 232 g/mol. The third-order valence-corrected chi connectivity index (χ3v) is 2.64. The van der Waals surface area contributed by atoms with Gasteiger partial charge in [-0.05, 0) is 6.07 Å². The van der Waals surface area contributed by atoms with Gasteiger partial charge in [-0.1, -0.05) is 0 Å². The molecule has 0 amide bonds. The molecule has 0 atom stereocenters. The molecule has 1 aromatic heterocycles. The van der Waals surface area contributed by atoms with Crippen LogP contribution in [0.2, 0.25) is 0 Å². The van der Waals surface area contributed by atoms with Crippen LogP contribution in [-0.2, 0) is 0 Å². The smallest absolute Gasteiger partial charge is 0.162 e. The molecule has 2 rings (SSSR count). The van der Waals surface area contributed by atoms with Gasteiger partial charge in [0, 0.05) is 17.6 Å². The Hall–Kier alpha value is -2.52. The van der Waals surface area contributed by atoms with Crippen LogP contribution in [0.5, 0.6) is 11.5 Å². The van der Waals surface area contributed by atoms with Crippen molar-refractivity contribution in [2.75, 3.05) is 19.6 Å². The highest BCUT2D eigenvalue weighted by molar-refractivity contribution is 5.95. The van der Waals surface area contributed by atoms with E-state index in [9.17, 15) is 0 Å². The first-order chi connectivity index (χ1) is 8.74. The average molecular weight is 244 g/mol. The van der Waals surface area contributed by atoms with Crippen LogP contribution < -0.4 is 20.7 Å². The fraction of sp³-hybridized carbons (Fsp3) is 0.167. The van der Waals surface area contributed by atoms with Crippen LogP contribution in [0, 0.1) is 11.3 Å². The molecule has 3 N–H and O–H groups in total. The number of anilines is 1. The summed E-state index contributed by atoms with van der Waals surface area (Å²) in [5, 5.41) is 9.70. The van der Waals surface area contributed by atoms with Crippen LogP contribution in [0.25, 0.3) is 10.9 Å². The highest BCUT2D eigenvalue weighted by Gasteiger charge is 2.12. The molecule has 0 unspecified atom stereocenters. The van der Waals surface area contributed by atoms with Crippen LogP contribution in [0.15, 0.2) is 18.3 Å². The second-order valence-electron chi connectivity index (χ2n) is 3.53. The zero-order valence-electron chi connectivity index (χ0n) is 10.0. The van der Waals surface area contributed by atoms with Gasteiger partial charge in [0.2, 0.25) is 0 Å². The zero-order valence-corrected chi connectivity index (χ0v) is 10.0. The maximum atomic E-state index is 8.99. The summed E-state index contributed by atoms with van der Waals surface area (Å²) in [6.45, 7) is 0. The molecule has 0 spiro atoms. The van der Waals surface area contributed by atoms with E-state index in [1.54, 1.807) is 26.4 Å². The van der Waals surface area contributed by atoms with E-state index in [0.29, 0.717) is 33.7 Å². The Morgan fingerprint density at radius 1 is 1.28 bits per heavy atom. The summed E-state index contributed by atoms with van der Waals surface area (Å²) in [6, 6.07) is 5.49. The average Bonchev–Trinajstić information content (AvgIpc) is 2.44. The van der Waals surface area contributed by atoms with Gasteiger partial charge < -0.3 is 14.9 Å². The largest absolute Gasteiger partial charge is 0.493 e. The van der Waals surface area contributed by atoms with Gasteiger partial charge in [0.05, 0.1) is 31.0 Å². The highest BCUT2D eigenvalue weighted by atomic mass is 16.5. The van der Waals surface area contributed by atoms with E-state index in [1.165, 1.54) is 6.20 Å². The molecule has 1 heterocycles. The number of ether oxygens (including phenoxy) is 2. The second kappa shape index (κ2) is 4.77. The molecule has 6 heteroatoms. The Labute approximate surface area is 104 Å². The number of nitrogen functional groups attached to an aromatic ring is 1. The number of nitrogens with two attached hydrogens (primary N) is 1. The summed E-state index contributed by atoms with van der Waals surface area (Å²) in [6.07, 6.45) is 1.46. The van der Waals surface area contributed by atoms with Gasteiger partial charge >= 0.3 is 0 Å². The number of pyridine rings is 1. The molecule has 1 aromatic carbocycles. The van der Waals surface area contributed by atoms with Gasteiger partial charge in [0.1, 0.15) is 6.07 Å². The Morgan fingerprint density at radius 3 is 2.50 bits per heavy atom. The number of methoxy groups -OCH3 is 2. The molecule has 0 bridgehead atoms. The number of aromatic nitrogens is 1. The summed E-state index contributed by atoms with van der Waals surface area (Å²) in [7, 11) is 3.09. The maximum absolute atomic E-state index is 8.99. The van der Waals surface area contributed by atoms with Crippen molar-refractivity contribution in [3.8, 4) is 17.6 Å². The molecular formula is C12H12N4O2. The fourth-order valence-electron chi connectivity index (χ4n) is 1.76.